The van der Waals surface area contributed by atoms with Crippen LogP contribution >= 0.6 is 0 Å². The van der Waals surface area contributed by atoms with Crippen LogP contribution in [0, 0.1) is 0 Å². The van der Waals surface area contributed by atoms with Crippen LogP contribution < -0.4 is 0 Å². The first-order chi connectivity index (χ1) is 3.92. The summed E-state index contributed by atoms with van der Waals surface area (Å²) in [5.74, 6) is -4.39. The smallest absolute Gasteiger partial charge is 0.328 e. The molecule has 0 heterocycles. The largest absolute Gasteiger partial charge is 0.478 e. The third-order valence-corrected chi connectivity index (χ3v) is 0.450. The molecule has 0 aromatic heterocycles. The number of rotatable bonds is 2. The Labute approximate surface area is 50.5 Å². The van der Waals surface area contributed by atoms with E-state index in [4.69, 9.17) is 20.4 Å². The minimum atomic E-state index is -3.03. The van der Waals surface area contributed by atoms with Gasteiger partial charge in [-0.15, -0.1) is 0 Å². The lowest BCUT2D eigenvalue weighted by Crippen LogP contribution is -2.23. The molecule has 52 valence electrons. The zero-order chi connectivity index (χ0) is 7.49. The summed E-state index contributed by atoms with van der Waals surface area (Å²) in [6.07, 6.45) is 0.745. The van der Waals surface area contributed by atoms with E-state index in [0.717, 1.165) is 0 Å². The molecular formula is C4H6O5. The first kappa shape index (κ1) is 8.09. The van der Waals surface area contributed by atoms with Crippen molar-refractivity contribution in [1.82, 2.24) is 0 Å². The van der Waals surface area contributed by atoms with Gasteiger partial charge in [-0.2, -0.15) is 0 Å². The molecule has 9 heavy (non-hydrogen) atoms. The van der Waals surface area contributed by atoms with Gasteiger partial charge in [-0.1, -0.05) is 0 Å². The van der Waals surface area contributed by atoms with E-state index in [1.165, 1.54) is 0 Å². The van der Waals surface area contributed by atoms with Crippen molar-refractivity contribution >= 4 is 5.97 Å². The van der Waals surface area contributed by atoms with Crippen molar-refractivity contribution in [3.05, 3.63) is 12.2 Å². The van der Waals surface area contributed by atoms with E-state index in [0.29, 0.717) is 12.2 Å². The molecule has 0 aromatic carbocycles. The van der Waals surface area contributed by atoms with Gasteiger partial charge in [0.1, 0.15) is 0 Å². The van der Waals surface area contributed by atoms with Gasteiger partial charge >= 0.3 is 5.97 Å². The highest BCUT2D eigenvalue weighted by molar-refractivity contribution is 5.79. The van der Waals surface area contributed by atoms with E-state index in [1.54, 1.807) is 0 Å². The van der Waals surface area contributed by atoms with Crippen LogP contribution in [0.3, 0.4) is 0 Å². The Kier molecular flexibility index (Phi) is 2.32. The van der Waals surface area contributed by atoms with Gasteiger partial charge in [-0.05, 0) is 0 Å². The number of carboxylic acids is 1. The number of carboxylic acid groups (broad SMARTS) is 1. The predicted octanol–water partition coefficient (Wildman–Crippen LogP) is -1.74. The first-order valence-electron chi connectivity index (χ1n) is 2.01. The predicted molar refractivity (Wildman–Crippen MR) is 26.2 cm³/mol. The Bertz CT molecular complexity index is 130. The molecule has 4 N–H and O–H groups in total. The molecule has 0 atom stereocenters. The molecule has 0 saturated heterocycles. The van der Waals surface area contributed by atoms with Crippen LogP contribution in [0.5, 0.6) is 0 Å². The second-order valence-corrected chi connectivity index (χ2v) is 1.36. The van der Waals surface area contributed by atoms with Gasteiger partial charge in [0.25, 0.3) is 5.97 Å². The lowest BCUT2D eigenvalue weighted by Gasteiger charge is -2.05. The van der Waals surface area contributed by atoms with Crippen molar-refractivity contribution < 1.29 is 25.2 Å². The van der Waals surface area contributed by atoms with E-state index < -0.39 is 11.9 Å². The quantitative estimate of drug-likeness (QED) is 0.265. The normalized spacial score (nSPS) is 12.3. The highest BCUT2D eigenvalue weighted by Crippen LogP contribution is 1.92. The van der Waals surface area contributed by atoms with Crippen molar-refractivity contribution in [3.8, 4) is 0 Å². The summed E-state index contributed by atoms with van der Waals surface area (Å²) in [6.45, 7) is 0. The molecule has 0 fully saturated rings. The van der Waals surface area contributed by atoms with Gasteiger partial charge in [0, 0.05) is 12.2 Å². The highest BCUT2D eigenvalue weighted by Gasteiger charge is 2.11. The van der Waals surface area contributed by atoms with E-state index in [1.807, 2.05) is 0 Å². The summed E-state index contributed by atoms with van der Waals surface area (Å²) in [4.78, 5) is 9.63. The summed E-state index contributed by atoms with van der Waals surface area (Å²) in [5.41, 5.74) is 0. The Morgan fingerprint density at radius 3 is 1.89 bits per heavy atom. The van der Waals surface area contributed by atoms with Crippen LogP contribution in [-0.2, 0) is 4.79 Å². The van der Waals surface area contributed by atoms with Gasteiger partial charge in [-0.3, -0.25) is 0 Å². The third-order valence-electron chi connectivity index (χ3n) is 0.450. The van der Waals surface area contributed by atoms with Crippen LogP contribution in [0.1, 0.15) is 0 Å². The summed E-state index contributed by atoms with van der Waals surface area (Å²) in [7, 11) is 0. The summed E-state index contributed by atoms with van der Waals surface area (Å²) < 4.78 is 0. The number of carbonyl (C=O) groups is 1. The molecule has 0 spiro atoms. The van der Waals surface area contributed by atoms with Crippen LogP contribution in [0.4, 0.5) is 0 Å². The molecule has 0 saturated carbocycles. The van der Waals surface area contributed by atoms with Gasteiger partial charge < -0.3 is 20.4 Å². The Hall–Kier alpha value is -0.910. The molecule has 0 aromatic rings. The molecule has 0 amide bonds. The second kappa shape index (κ2) is 2.58. The molecule has 5 nitrogen and oxygen atoms in total. The molecule has 0 unspecified atom stereocenters. The highest BCUT2D eigenvalue weighted by atomic mass is 16.7. The van der Waals surface area contributed by atoms with Crippen LogP contribution in [0.15, 0.2) is 12.2 Å². The summed E-state index contributed by atoms with van der Waals surface area (Å²) in [6, 6.07) is 0. The van der Waals surface area contributed by atoms with Crippen molar-refractivity contribution in [1.29, 1.82) is 0 Å². The molecule has 0 rings (SSSR count). The second-order valence-electron chi connectivity index (χ2n) is 1.36. The van der Waals surface area contributed by atoms with E-state index in [-0.39, 0.29) is 0 Å². The molecule has 0 bridgehead atoms. The van der Waals surface area contributed by atoms with Crippen molar-refractivity contribution in [2.75, 3.05) is 0 Å². The minimum Gasteiger partial charge on any atom is -0.478 e. The number of hydrogen-bond acceptors (Lipinski definition) is 4. The van der Waals surface area contributed by atoms with Crippen molar-refractivity contribution in [3.63, 3.8) is 0 Å². The maximum absolute atomic E-state index is 9.63. The average Bonchev–Trinajstić information content (AvgIpc) is 1.59. The van der Waals surface area contributed by atoms with Crippen LogP contribution in [0.25, 0.3) is 0 Å². The summed E-state index contributed by atoms with van der Waals surface area (Å²) in [5, 5.41) is 31.9. The fourth-order valence-electron chi connectivity index (χ4n) is 0.183. The zero-order valence-electron chi connectivity index (χ0n) is 4.35. The summed E-state index contributed by atoms with van der Waals surface area (Å²) >= 11 is 0. The van der Waals surface area contributed by atoms with Gasteiger partial charge in [0.05, 0.1) is 0 Å². The molecular weight excluding hydrogens is 128 g/mol. The fraction of sp³-hybridized carbons (Fsp3) is 0.250. The Balaban J connectivity index is 3.86. The maximum Gasteiger partial charge on any atom is 0.328 e. The lowest BCUT2D eigenvalue weighted by molar-refractivity contribution is -0.273. The molecule has 0 aliphatic carbocycles. The van der Waals surface area contributed by atoms with Crippen molar-refractivity contribution in [2.45, 2.75) is 5.97 Å². The topological polar surface area (TPSA) is 98.0 Å². The van der Waals surface area contributed by atoms with E-state index in [2.05, 4.69) is 0 Å². The lowest BCUT2D eigenvalue weighted by atomic mass is 10.4. The molecule has 5 heteroatoms. The minimum absolute atomic E-state index is 0.329. The average molecular weight is 134 g/mol. The van der Waals surface area contributed by atoms with E-state index >= 15 is 0 Å². The zero-order valence-corrected chi connectivity index (χ0v) is 4.35. The van der Waals surface area contributed by atoms with Crippen LogP contribution in [-0.4, -0.2) is 32.4 Å². The van der Waals surface area contributed by atoms with Crippen LogP contribution in [0.2, 0.25) is 0 Å². The van der Waals surface area contributed by atoms with Crippen molar-refractivity contribution in [2.24, 2.45) is 0 Å². The van der Waals surface area contributed by atoms with Gasteiger partial charge in [0.2, 0.25) is 0 Å². The SMILES string of the molecule is O=C(O)C=CC(O)(O)O. The molecule has 0 aliphatic rings. The Morgan fingerprint density at radius 2 is 1.78 bits per heavy atom. The maximum atomic E-state index is 9.63. The Morgan fingerprint density at radius 1 is 1.33 bits per heavy atom. The monoisotopic (exact) mass is 134 g/mol. The number of aliphatic carboxylic acids is 1. The number of aliphatic hydroxyl groups is 3. The van der Waals surface area contributed by atoms with Gasteiger partial charge in [-0.25, -0.2) is 4.79 Å². The van der Waals surface area contributed by atoms with E-state index in [9.17, 15) is 4.79 Å². The standard InChI is InChI=1S/C4H6O5/c5-3(6)1-2-4(7,8)9/h1-2,7-9H,(H,5,6). The third kappa shape index (κ3) is 7.09. The first-order valence-corrected chi connectivity index (χ1v) is 2.01. The fourth-order valence-corrected chi connectivity index (χ4v) is 0.183. The molecule has 0 radical (unpaired) electrons. The number of hydrogen-bond donors (Lipinski definition) is 4. The molecule has 0 aliphatic heterocycles. The van der Waals surface area contributed by atoms with Gasteiger partial charge in [0.15, 0.2) is 0 Å².